The molecule has 0 N–H and O–H groups in total. The Bertz CT molecular complexity index is 1610. The fourth-order valence-corrected chi connectivity index (χ4v) is 7.78. The molecule has 4 aromatic carbocycles. The first-order chi connectivity index (χ1) is 20.3. The summed E-state index contributed by atoms with van der Waals surface area (Å²) in [7, 11) is 0. The van der Waals surface area contributed by atoms with E-state index in [-0.39, 0.29) is 48.3 Å². The molecular weight excluding hydrogens is 524 g/mol. The minimum Gasteiger partial charge on any atom is -0.368 e. The zero-order chi connectivity index (χ0) is 29.0. The molecule has 212 valence electrons. The van der Waals surface area contributed by atoms with Gasteiger partial charge in [0.15, 0.2) is 0 Å². The summed E-state index contributed by atoms with van der Waals surface area (Å²) in [5, 5.41) is 1.89. The molecular formula is C36H34N2O4. The van der Waals surface area contributed by atoms with Crippen molar-refractivity contribution in [3.05, 3.63) is 108 Å². The van der Waals surface area contributed by atoms with Crippen molar-refractivity contribution in [2.45, 2.75) is 75.0 Å². The zero-order valence-electron chi connectivity index (χ0n) is 24.2. The molecule has 0 saturated carbocycles. The molecule has 0 aromatic heterocycles. The maximum absolute atomic E-state index is 14.1. The number of hydrogen-bond acceptors (Lipinski definition) is 4. The molecule has 4 aliphatic heterocycles. The lowest BCUT2D eigenvalue weighted by atomic mass is 9.65. The van der Waals surface area contributed by atoms with E-state index in [0.29, 0.717) is 0 Å². The predicted molar refractivity (Wildman–Crippen MR) is 163 cm³/mol. The highest BCUT2D eigenvalue weighted by molar-refractivity contribution is 6.18. The van der Waals surface area contributed by atoms with Crippen LogP contribution in [0.2, 0.25) is 0 Å². The van der Waals surface area contributed by atoms with Crippen LogP contribution in [0.15, 0.2) is 97.1 Å². The van der Waals surface area contributed by atoms with E-state index < -0.39 is 10.8 Å². The Labute approximate surface area is 245 Å². The van der Waals surface area contributed by atoms with Crippen LogP contribution in [0.1, 0.15) is 38.8 Å². The molecule has 8 atom stereocenters. The van der Waals surface area contributed by atoms with Gasteiger partial charge in [0.25, 0.3) is 0 Å². The van der Waals surface area contributed by atoms with E-state index >= 15 is 0 Å². The van der Waals surface area contributed by atoms with E-state index in [9.17, 15) is 9.59 Å². The summed E-state index contributed by atoms with van der Waals surface area (Å²) in [6.45, 7) is 8.22. The van der Waals surface area contributed by atoms with Gasteiger partial charge in [0, 0.05) is 10.8 Å². The molecule has 0 bridgehead atoms. The van der Waals surface area contributed by atoms with Crippen molar-refractivity contribution >= 4 is 34.0 Å². The number of epoxide rings is 2. The normalized spacial score (nSPS) is 35.1. The monoisotopic (exact) mass is 558 g/mol. The third kappa shape index (κ3) is 3.28. The average molecular weight is 559 g/mol. The van der Waals surface area contributed by atoms with Crippen LogP contribution in [-0.2, 0) is 29.9 Å². The smallest absolute Gasteiger partial charge is 0.239 e. The van der Waals surface area contributed by atoms with Gasteiger partial charge in [-0.05, 0) is 51.0 Å². The average Bonchev–Trinajstić information content (AvgIpc) is 3.94. The molecule has 4 heterocycles. The Morgan fingerprint density at radius 1 is 0.548 bits per heavy atom. The molecule has 0 spiro atoms. The molecule has 8 rings (SSSR count). The van der Waals surface area contributed by atoms with Gasteiger partial charge in [-0.3, -0.25) is 9.59 Å². The number of anilines is 2. The molecule has 4 saturated heterocycles. The van der Waals surface area contributed by atoms with Gasteiger partial charge in [0.2, 0.25) is 11.8 Å². The first kappa shape index (κ1) is 25.7. The Hall–Kier alpha value is -4.00. The second kappa shape index (κ2) is 8.76. The fraction of sp³-hybridized carbons (Fsp3) is 0.333. The van der Waals surface area contributed by atoms with Gasteiger partial charge in [0.1, 0.15) is 12.2 Å². The Balaban J connectivity index is 1.22. The molecule has 2 amide bonds. The number of rotatable bonds is 6. The maximum Gasteiger partial charge on any atom is 0.239 e. The highest BCUT2D eigenvalue weighted by Crippen LogP contribution is 2.54. The summed E-state index contributed by atoms with van der Waals surface area (Å²) in [5.41, 5.74) is 2.37. The van der Waals surface area contributed by atoms with Crippen molar-refractivity contribution in [2.24, 2.45) is 0 Å². The molecule has 6 nitrogen and oxygen atoms in total. The number of carbonyl (C=O) groups is 2. The van der Waals surface area contributed by atoms with Gasteiger partial charge in [-0.1, -0.05) is 84.9 Å². The maximum atomic E-state index is 14.1. The van der Waals surface area contributed by atoms with Crippen LogP contribution < -0.4 is 9.80 Å². The van der Waals surface area contributed by atoms with Crippen molar-refractivity contribution < 1.29 is 19.1 Å². The fourth-order valence-electron chi connectivity index (χ4n) is 7.78. The Morgan fingerprint density at radius 2 is 0.905 bits per heavy atom. The lowest BCUT2D eigenvalue weighted by molar-refractivity contribution is -0.133. The number of hydrogen-bond donors (Lipinski definition) is 0. The van der Waals surface area contributed by atoms with Crippen molar-refractivity contribution in [2.75, 3.05) is 9.80 Å². The van der Waals surface area contributed by atoms with Crippen molar-refractivity contribution in [3.8, 4) is 0 Å². The number of amides is 2. The first-order valence-electron chi connectivity index (χ1n) is 14.9. The minimum atomic E-state index is -0.675. The van der Waals surface area contributed by atoms with Crippen LogP contribution in [-0.4, -0.2) is 48.3 Å². The van der Waals surface area contributed by atoms with Crippen LogP contribution in [0.4, 0.5) is 11.4 Å². The van der Waals surface area contributed by atoms with Crippen molar-refractivity contribution in [1.82, 2.24) is 0 Å². The number of nitrogens with zero attached hydrogens (tertiary/aromatic N) is 2. The second-order valence-electron chi connectivity index (χ2n) is 12.6. The molecule has 42 heavy (non-hydrogen) atoms. The highest BCUT2D eigenvalue weighted by atomic mass is 16.6. The Morgan fingerprint density at radius 3 is 1.24 bits per heavy atom. The summed E-state index contributed by atoms with van der Waals surface area (Å²) in [6, 6.07) is 31.9. The molecule has 8 unspecified atom stereocenters. The molecule has 4 aliphatic rings. The Kier molecular flexibility index (Phi) is 5.36. The summed E-state index contributed by atoms with van der Waals surface area (Å²) >= 11 is 0. The standard InChI is InChI=1S/C36H34N2O4/c1-21-29(41-21)31-35(3,23-13-7-5-8-14-23)33(39)37(31)27-19-11-18-26-25(27)17-12-20-28(26)38-32(30-22(2)42-30)36(4,34(38)40)24-15-9-6-10-16-24/h5-22,29-32H,1-4H3. The highest BCUT2D eigenvalue weighted by Gasteiger charge is 2.68. The molecule has 0 radical (unpaired) electrons. The van der Waals surface area contributed by atoms with Crippen molar-refractivity contribution in [3.63, 3.8) is 0 Å². The van der Waals surface area contributed by atoms with E-state index in [1.807, 2.05) is 109 Å². The molecule has 4 fully saturated rings. The van der Waals surface area contributed by atoms with E-state index in [4.69, 9.17) is 9.47 Å². The third-order valence-electron chi connectivity index (χ3n) is 10.3. The first-order valence-corrected chi connectivity index (χ1v) is 14.9. The zero-order valence-corrected chi connectivity index (χ0v) is 24.2. The lowest BCUT2D eigenvalue weighted by Gasteiger charge is -2.55. The summed E-state index contributed by atoms with van der Waals surface area (Å²) in [5.74, 6) is 0.128. The van der Waals surface area contributed by atoms with Gasteiger partial charge < -0.3 is 19.3 Å². The van der Waals surface area contributed by atoms with E-state index in [1.165, 1.54) is 0 Å². The number of β-lactam (4-membered cyclic amide) rings is 2. The quantitative estimate of drug-likeness (QED) is 0.223. The van der Waals surface area contributed by atoms with Gasteiger partial charge in [0.05, 0.1) is 46.5 Å². The number of ether oxygens (including phenoxy) is 2. The van der Waals surface area contributed by atoms with Crippen LogP contribution in [0, 0.1) is 0 Å². The van der Waals surface area contributed by atoms with E-state index in [1.54, 1.807) is 0 Å². The second-order valence-corrected chi connectivity index (χ2v) is 12.6. The third-order valence-corrected chi connectivity index (χ3v) is 10.3. The van der Waals surface area contributed by atoms with Gasteiger partial charge in [-0.2, -0.15) is 0 Å². The largest absolute Gasteiger partial charge is 0.368 e. The molecule has 4 aromatic rings. The van der Waals surface area contributed by atoms with Gasteiger partial charge in [-0.15, -0.1) is 0 Å². The van der Waals surface area contributed by atoms with Crippen LogP contribution in [0.3, 0.4) is 0 Å². The van der Waals surface area contributed by atoms with Gasteiger partial charge >= 0.3 is 0 Å². The number of fused-ring (bicyclic) bond motifs is 1. The van der Waals surface area contributed by atoms with Crippen LogP contribution >= 0.6 is 0 Å². The van der Waals surface area contributed by atoms with Crippen LogP contribution in [0.5, 0.6) is 0 Å². The SMILES string of the molecule is CC1OC1C1N(c2cccc3c(N4C(=O)C(C)(c5ccccc5)C4C4OC4C)cccc23)C(=O)C1(C)c1ccccc1. The van der Waals surface area contributed by atoms with Gasteiger partial charge in [-0.25, -0.2) is 0 Å². The summed E-state index contributed by atoms with van der Waals surface area (Å²) < 4.78 is 12.0. The number of benzene rings is 4. The number of carbonyl (C=O) groups excluding carboxylic acids is 2. The topological polar surface area (TPSA) is 65.7 Å². The minimum absolute atomic E-state index is 0.0345. The van der Waals surface area contributed by atoms with E-state index in [0.717, 1.165) is 33.3 Å². The van der Waals surface area contributed by atoms with Crippen molar-refractivity contribution in [1.29, 1.82) is 0 Å². The van der Waals surface area contributed by atoms with E-state index in [2.05, 4.69) is 26.0 Å². The summed E-state index contributed by atoms with van der Waals surface area (Å²) in [4.78, 5) is 32.1. The predicted octanol–water partition coefficient (Wildman–Crippen LogP) is 5.76. The molecule has 0 aliphatic carbocycles. The lowest BCUT2D eigenvalue weighted by Crippen LogP contribution is -2.73. The van der Waals surface area contributed by atoms with Crippen LogP contribution in [0.25, 0.3) is 10.8 Å². The molecule has 6 heteroatoms. The summed E-state index contributed by atoms with van der Waals surface area (Å²) in [6.07, 6.45) is 0.116.